The van der Waals surface area contributed by atoms with E-state index in [1.807, 2.05) is 0 Å². The first-order chi connectivity index (χ1) is 8.70. The molecule has 3 nitrogen and oxygen atoms in total. The summed E-state index contributed by atoms with van der Waals surface area (Å²) in [6.07, 6.45) is 3.20. The van der Waals surface area contributed by atoms with E-state index in [-0.39, 0.29) is 5.82 Å². The van der Waals surface area contributed by atoms with Crippen molar-refractivity contribution in [3.63, 3.8) is 0 Å². The summed E-state index contributed by atoms with van der Waals surface area (Å²) < 4.78 is 14.3. The molecule has 0 aliphatic rings. The van der Waals surface area contributed by atoms with Gasteiger partial charge in [0.2, 0.25) is 0 Å². The van der Waals surface area contributed by atoms with Crippen molar-refractivity contribution >= 4 is 21.6 Å². The number of halogens is 2. The molecule has 0 radical (unpaired) electrons. The monoisotopic (exact) mass is 305 g/mol. The van der Waals surface area contributed by atoms with Gasteiger partial charge in [-0.2, -0.15) is 5.26 Å². The van der Waals surface area contributed by atoms with E-state index in [0.717, 1.165) is 4.47 Å². The molecule has 1 heterocycles. The average molecular weight is 306 g/mol. The van der Waals surface area contributed by atoms with Crippen molar-refractivity contribution in [2.75, 3.05) is 5.32 Å². The second kappa shape index (κ2) is 5.61. The molecule has 2 aromatic rings. The minimum atomic E-state index is -0.646. The largest absolute Gasteiger partial charge is 0.364 e. The lowest BCUT2D eigenvalue weighted by Gasteiger charge is -2.13. The van der Waals surface area contributed by atoms with E-state index < -0.39 is 6.04 Å². The van der Waals surface area contributed by atoms with Crippen LogP contribution in [0.3, 0.4) is 0 Å². The van der Waals surface area contributed by atoms with Crippen molar-refractivity contribution in [3.05, 3.63) is 58.6 Å². The smallest absolute Gasteiger partial charge is 0.146 e. The van der Waals surface area contributed by atoms with Crippen LogP contribution in [0.5, 0.6) is 0 Å². The lowest BCUT2D eigenvalue weighted by molar-refractivity contribution is 0.629. The Hall–Kier alpha value is -1.93. The lowest BCUT2D eigenvalue weighted by Crippen LogP contribution is -2.10. The van der Waals surface area contributed by atoms with Gasteiger partial charge in [0, 0.05) is 22.4 Å². The molecule has 0 saturated heterocycles. The van der Waals surface area contributed by atoms with Crippen LogP contribution in [0.15, 0.2) is 47.2 Å². The van der Waals surface area contributed by atoms with E-state index in [1.54, 1.807) is 36.7 Å². The summed E-state index contributed by atoms with van der Waals surface area (Å²) in [5.41, 5.74) is 0.971. The Bertz CT molecular complexity index is 595. The maximum absolute atomic E-state index is 13.5. The molecule has 2 rings (SSSR count). The summed E-state index contributed by atoms with van der Waals surface area (Å²) >= 11 is 3.29. The highest BCUT2D eigenvalue weighted by Gasteiger charge is 2.12. The second-order valence-corrected chi connectivity index (χ2v) is 4.54. The van der Waals surface area contributed by atoms with Crippen molar-refractivity contribution in [2.24, 2.45) is 0 Å². The molecule has 90 valence electrons. The van der Waals surface area contributed by atoms with Crippen LogP contribution in [0, 0.1) is 17.1 Å². The van der Waals surface area contributed by atoms with E-state index in [4.69, 9.17) is 5.26 Å². The lowest BCUT2D eigenvalue weighted by atomic mass is 10.1. The highest BCUT2D eigenvalue weighted by molar-refractivity contribution is 9.10. The molecule has 5 heteroatoms. The van der Waals surface area contributed by atoms with E-state index >= 15 is 0 Å². The number of nitrogens with zero attached hydrogens (tertiary/aromatic N) is 2. The fourth-order valence-electron chi connectivity index (χ4n) is 1.51. The van der Waals surface area contributed by atoms with Crippen molar-refractivity contribution in [1.29, 1.82) is 5.26 Å². The number of hydrogen-bond acceptors (Lipinski definition) is 3. The van der Waals surface area contributed by atoms with Crippen LogP contribution >= 0.6 is 15.9 Å². The van der Waals surface area contributed by atoms with Crippen LogP contribution < -0.4 is 5.32 Å². The Kier molecular flexibility index (Phi) is 3.90. The van der Waals surface area contributed by atoms with E-state index in [0.29, 0.717) is 11.3 Å². The third-order valence-electron chi connectivity index (χ3n) is 2.36. The number of para-hydroxylation sites is 1. The molecule has 0 bridgehead atoms. The van der Waals surface area contributed by atoms with E-state index in [1.165, 1.54) is 6.07 Å². The number of pyridine rings is 1. The summed E-state index contributed by atoms with van der Waals surface area (Å²) in [6, 6.07) is 9.45. The van der Waals surface area contributed by atoms with Crippen LogP contribution in [-0.2, 0) is 0 Å². The van der Waals surface area contributed by atoms with Crippen molar-refractivity contribution < 1.29 is 4.39 Å². The second-order valence-electron chi connectivity index (χ2n) is 3.62. The molecule has 1 aromatic carbocycles. The Balaban J connectivity index is 2.26. The molecular weight excluding hydrogens is 297 g/mol. The van der Waals surface area contributed by atoms with Crippen LogP contribution in [0.1, 0.15) is 11.6 Å². The highest BCUT2D eigenvalue weighted by Crippen LogP contribution is 2.22. The molecule has 0 aliphatic carbocycles. The first-order valence-corrected chi connectivity index (χ1v) is 6.01. The topological polar surface area (TPSA) is 48.7 Å². The first-order valence-electron chi connectivity index (χ1n) is 5.22. The third-order valence-corrected chi connectivity index (χ3v) is 2.80. The highest BCUT2D eigenvalue weighted by atomic mass is 79.9. The molecule has 0 fully saturated rings. The predicted octanol–water partition coefficient (Wildman–Crippen LogP) is 3.66. The van der Waals surface area contributed by atoms with Gasteiger partial charge in [-0.05, 0) is 34.1 Å². The third kappa shape index (κ3) is 2.84. The van der Waals surface area contributed by atoms with Crippen molar-refractivity contribution in [1.82, 2.24) is 4.98 Å². The summed E-state index contributed by atoms with van der Waals surface area (Å²) in [5.74, 6) is -0.388. The van der Waals surface area contributed by atoms with Crippen LogP contribution in [0.2, 0.25) is 0 Å². The number of rotatable bonds is 3. The standard InChI is InChI=1S/C13H9BrFN3/c14-10-5-9(7-17-8-10)13(6-16)18-12-4-2-1-3-11(12)15/h1-5,7-8,13,18H. The summed E-state index contributed by atoms with van der Waals surface area (Å²) in [6.45, 7) is 0. The van der Waals surface area contributed by atoms with E-state index in [2.05, 4.69) is 32.3 Å². The van der Waals surface area contributed by atoms with Gasteiger partial charge in [-0.3, -0.25) is 4.98 Å². The molecule has 0 saturated carbocycles. The molecule has 0 amide bonds. The maximum atomic E-state index is 13.5. The normalized spacial score (nSPS) is 11.6. The molecule has 1 aromatic heterocycles. The Morgan fingerprint density at radius 1 is 1.33 bits per heavy atom. The number of aromatic nitrogens is 1. The molecule has 1 N–H and O–H groups in total. The fourth-order valence-corrected chi connectivity index (χ4v) is 1.89. The zero-order valence-corrected chi connectivity index (χ0v) is 10.9. The number of nitrogens with one attached hydrogen (secondary N) is 1. The predicted molar refractivity (Wildman–Crippen MR) is 70.3 cm³/mol. The fraction of sp³-hybridized carbons (Fsp3) is 0.0769. The van der Waals surface area contributed by atoms with Crippen LogP contribution in [0.4, 0.5) is 10.1 Å². The van der Waals surface area contributed by atoms with Gasteiger partial charge in [0.25, 0.3) is 0 Å². The van der Waals surface area contributed by atoms with E-state index in [9.17, 15) is 4.39 Å². The molecule has 1 atom stereocenters. The molecule has 1 unspecified atom stereocenters. The van der Waals surface area contributed by atoms with Gasteiger partial charge in [-0.25, -0.2) is 4.39 Å². The average Bonchev–Trinajstić information content (AvgIpc) is 2.38. The van der Waals surface area contributed by atoms with Gasteiger partial charge in [0.05, 0.1) is 11.8 Å². The van der Waals surface area contributed by atoms with Gasteiger partial charge in [-0.15, -0.1) is 0 Å². The van der Waals surface area contributed by atoms with Gasteiger partial charge < -0.3 is 5.32 Å². The maximum Gasteiger partial charge on any atom is 0.146 e. The zero-order valence-electron chi connectivity index (χ0n) is 9.27. The summed E-state index contributed by atoms with van der Waals surface area (Å²) in [4.78, 5) is 3.99. The first kappa shape index (κ1) is 12.5. The number of anilines is 1. The SMILES string of the molecule is N#CC(Nc1ccccc1F)c1cncc(Br)c1. The van der Waals surface area contributed by atoms with Gasteiger partial charge in [0.15, 0.2) is 0 Å². The zero-order chi connectivity index (χ0) is 13.0. The number of nitriles is 1. The Labute approximate surface area is 112 Å². The molecular formula is C13H9BrFN3. The molecule has 0 aliphatic heterocycles. The minimum Gasteiger partial charge on any atom is -0.364 e. The quantitative estimate of drug-likeness (QED) is 0.941. The Morgan fingerprint density at radius 2 is 2.11 bits per heavy atom. The Morgan fingerprint density at radius 3 is 2.78 bits per heavy atom. The van der Waals surface area contributed by atoms with Crippen molar-refractivity contribution in [2.45, 2.75) is 6.04 Å². The van der Waals surface area contributed by atoms with Crippen LogP contribution in [-0.4, -0.2) is 4.98 Å². The number of hydrogen-bond donors (Lipinski definition) is 1. The number of benzene rings is 1. The van der Waals surface area contributed by atoms with Crippen molar-refractivity contribution in [3.8, 4) is 6.07 Å². The molecule has 18 heavy (non-hydrogen) atoms. The van der Waals surface area contributed by atoms with Crippen LogP contribution in [0.25, 0.3) is 0 Å². The van der Waals surface area contributed by atoms with Gasteiger partial charge >= 0.3 is 0 Å². The molecule has 0 spiro atoms. The van der Waals surface area contributed by atoms with Gasteiger partial charge in [-0.1, -0.05) is 12.1 Å². The van der Waals surface area contributed by atoms with Gasteiger partial charge in [0.1, 0.15) is 11.9 Å². The minimum absolute atomic E-state index is 0.295. The summed E-state index contributed by atoms with van der Waals surface area (Å²) in [5, 5.41) is 12.0. The summed E-state index contributed by atoms with van der Waals surface area (Å²) in [7, 11) is 0.